The molecule has 138 valence electrons. The van der Waals surface area contributed by atoms with Gasteiger partial charge in [0.15, 0.2) is 5.78 Å². The Morgan fingerprint density at radius 2 is 1.81 bits per heavy atom. The second-order valence-electron chi connectivity index (χ2n) is 6.60. The molecule has 0 saturated heterocycles. The zero-order valence-corrected chi connectivity index (χ0v) is 16.7. The number of carbonyl (C=O) groups excluding carboxylic acids is 1. The number of aryl methyl sites for hydroxylation is 2. The maximum absolute atomic E-state index is 13.6. The monoisotopic (exact) mass is 427 g/mol. The van der Waals surface area contributed by atoms with E-state index in [0.29, 0.717) is 5.56 Å². The van der Waals surface area contributed by atoms with Gasteiger partial charge in [-0.3, -0.25) is 9.59 Å². The van der Waals surface area contributed by atoms with Crippen LogP contribution in [0.5, 0.6) is 0 Å². The Kier molecular flexibility index (Phi) is 5.71. The van der Waals surface area contributed by atoms with Crippen LogP contribution in [-0.4, -0.2) is 10.4 Å². The van der Waals surface area contributed by atoms with Gasteiger partial charge in [-0.05, 0) is 53.9 Å². The Bertz CT molecular complexity index is 1040. The maximum atomic E-state index is 13.6. The number of nitrogens with zero attached hydrogens (tertiary/aromatic N) is 1. The summed E-state index contributed by atoms with van der Waals surface area (Å²) in [6, 6.07) is 15.4. The van der Waals surface area contributed by atoms with Gasteiger partial charge in [-0.1, -0.05) is 34.1 Å². The average molecular weight is 428 g/mol. The molecule has 5 heteroatoms. The van der Waals surface area contributed by atoms with Crippen LogP contribution < -0.4 is 5.56 Å². The van der Waals surface area contributed by atoms with Gasteiger partial charge in [0, 0.05) is 41.7 Å². The van der Waals surface area contributed by atoms with E-state index in [1.807, 2.05) is 31.2 Å². The number of hydrogen-bond acceptors (Lipinski definition) is 2. The fourth-order valence-electron chi connectivity index (χ4n) is 3.19. The number of pyridine rings is 1. The molecule has 1 unspecified atom stereocenters. The molecule has 1 heterocycles. The highest BCUT2D eigenvalue weighted by molar-refractivity contribution is 9.10. The van der Waals surface area contributed by atoms with Crippen molar-refractivity contribution >= 4 is 21.7 Å². The van der Waals surface area contributed by atoms with Crippen LogP contribution in [0.1, 0.15) is 39.4 Å². The number of benzene rings is 2. The van der Waals surface area contributed by atoms with Crippen molar-refractivity contribution in [1.29, 1.82) is 0 Å². The number of hydrogen-bond donors (Lipinski definition) is 0. The normalized spacial score (nSPS) is 12.0. The van der Waals surface area contributed by atoms with Crippen molar-refractivity contribution in [1.82, 2.24) is 4.57 Å². The van der Waals surface area contributed by atoms with Crippen LogP contribution in [0.3, 0.4) is 0 Å². The van der Waals surface area contributed by atoms with Gasteiger partial charge in [0.05, 0.1) is 0 Å². The Balaban J connectivity index is 2.01. The standard InChI is InChI=1S/C22H19BrFNO2/c1-14-11-18(24)8-9-19(14)20(15-3-6-17(23)7-4-15)12-21(26)16-5-10-22(27)25(2)13-16/h3-11,13,20H,12H2,1-2H3. The van der Waals surface area contributed by atoms with E-state index in [1.165, 1.54) is 22.8 Å². The zero-order valence-electron chi connectivity index (χ0n) is 15.1. The summed E-state index contributed by atoms with van der Waals surface area (Å²) in [5.41, 5.74) is 3.02. The van der Waals surface area contributed by atoms with Gasteiger partial charge < -0.3 is 4.57 Å². The number of halogens is 2. The quantitative estimate of drug-likeness (QED) is 0.537. The molecule has 0 aliphatic carbocycles. The van der Waals surface area contributed by atoms with Crippen molar-refractivity contribution < 1.29 is 9.18 Å². The van der Waals surface area contributed by atoms with Crippen LogP contribution in [0.4, 0.5) is 4.39 Å². The molecule has 0 N–H and O–H groups in total. The minimum atomic E-state index is -0.296. The first-order valence-electron chi connectivity index (χ1n) is 8.56. The molecule has 3 rings (SSSR count). The van der Waals surface area contributed by atoms with Gasteiger partial charge in [0.1, 0.15) is 5.82 Å². The Hall–Kier alpha value is -2.53. The third-order valence-electron chi connectivity index (χ3n) is 4.68. The first-order chi connectivity index (χ1) is 12.8. The van der Waals surface area contributed by atoms with Crippen molar-refractivity contribution in [3.63, 3.8) is 0 Å². The van der Waals surface area contributed by atoms with Crippen LogP contribution >= 0.6 is 15.9 Å². The third-order valence-corrected chi connectivity index (χ3v) is 5.21. The predicted octanol–water partition coefficient (Wildman–Crippen LogP) is 5.00. The molecule has 1 aromatic heterocycles. The maximum Gasteiger partial charge on any atom is 0.250 e. The van der Waals surface area contributed by atoms with E-state index in [9.17, 15) is 14.0 Å². The van der Waals surface area contributed by atoms with E-state index >= 15 is 0 Å². The summed E-state index contributed by atoms with van der Waals surface area (Å²) < 4.78 is 15.9. The average Bonchev–Trinajstić information content (AvgIpc) is 2.63. The first kappa shape index (κ1) is 19.2. The minimum Gasteiger partial charge on any atom is -0.318 e. The van der Waals surface area contributed by atoms with Gasteiger partial charge in [-0.15, -0.1) is 0 Å². The van der Waals surface area contributed by atoms with E-state index in [0.717, 1.165) is 21.2 Å². The summed E-state index contributed by atoms with van der Waals surface area (Å²) in [5.74, 6) is -0.569. The minimum absolute atomic E-state index is 0.0674. The Morgan fingerprint density at radius 3 is 2.44 bits per heavy atom. The second kappa shape index (κ2) is 8.01. The second-order valence-corrected chi connectivity index (χ2v) is 7.51. The lowest BCUT2D eigenvalue weighted by Gasteiger charge is -2.20. The smallest absolute Gasteiger partial charge is 0.250 e. The lowest BCUT2D eigenvalue weighted by molar-refractivity contribution is 0.0977. The van der Waals surface area contributed by atoms with Crippen LogP contribution in [-0.2, 0) is 7.05 Å². The summed E-state index contributed by atoms with van der Waals surface area (Å²) in [4.78, 5) is 24.5. The Morgan fingerprint density at radius 1 is 1.11 bits per heavy atom. The van der Waals surface area contributed by atoms with Gasteiger partial charge >= 0.3 is 0 Å². The molecule has 0 bridgehead atoms. The summed E-state index contributed by atoms with van der Waals surface area (Å²) in [6.45, 7) is 1.85. The molecule has 0 spiro atoms. The largest absolute Gasteiger partial charge is 0.318 e. The molecule has 3 aromatic rings. The number of ketones is 1. The molecule has 0 fully saturated rings. The van der Waals surface area contributed by atoms with Crippen molar-refractivity contribution in [3.05, 3.63) is 104 Å². The SMILES string of the molecule is Cc1cc(F)ccc1C(CC(=O)c1ccc(=O)n(C)c1)c1ccc(Br)cc1. The summed E-state index contributed by atoms with van der Waals surface area (Å²) in [7, 11) is 1.62. The molecule has 0 aliphatic rings. The molecule has 3 nitrogen and oxygen atoms in total. The third kappa shape index (κ3) is 4.42. The molecule has 0 amide bonds. The molecule has 0 saturated carbocycles. The predicted molar refractivity (Wildman–Crippen MR) is 108 cm³/mol. The lowest BCUT2D eigenvalue weighted by Crippen LogP contribution is -2.17. The molecule has 0 aliphatic heterocycles. The number of aromatic nitrogens is 1. The van der Waals surface area contributed by atoms with Gasteiger partial charge in [-0.25, -0.2) is 4.39 Å². The van der Waals surface area contributed by atoms with E-state index in [-0.39, 0.29) is 29.5 Å². The number of Topliss-reactive ketones (excluding diaryl/α,β-unsaturated/α-hetero) is 1. The molecule has 2 aromatic carbocycles. The molecule has 1 atom stereocenters. The summed E-state index contributed by atoms with van der Waals surface area (Å²) in [5, 5.41) is 0. The van der Waals surface area contributed by atoms with E-state index in [4.69, 9.17) is 0 Å². The highest BCUT2D eigenvalue weighted by Gasteiger charge is 2.21. The highest BCUT2D eigenvalue weighted by atomic mass is 79.9. The lowest BCUT2D eigenvalue weighted by atomic mass is 9.84. The van der Waals surface area contributed by atoms with E-state index in [1.54, 1.807) is 25.4 Å². The van der Waals surface area contributed by atoms with Crippen LogP contribution in [0.2, 0.25) is 0 Å². The van der Waals surface area contributed by atoms with Crippen LogP contribution in [0.25, 0.3) is 0 Å². The zero-order chi connectivity index (χ0) is 19.6. The van der Waals surface area contributed by atoms with E-state index in [2.05, 4.69) is 15.9 Å². The van der Waals surface area contributed by atoms with Gasteiger partial charge in [0.25, 0.3) is 0 Å². The first-order valence-corrected chi connectivity index (χ1v) is 9.36. The molecular weight excluding hydrogens is 409 g/mol. The fraction of sp³-hybridized carbons (Fsp3) is 0.182. The van der Waals surface area contributed by atoms with Crippen LogP contribution in [0.15, 0.2) is 70.1 Å². The number of rotatable bonds is 5. The van der Waals surface area contributed by atoms with E-state index < -0.39 is 0 Å². The highest BCUT2D eigenvalue weighted by Crippen LogP contribution is 2.32. The van der Waals surface area contributed by atoms with Crippen molar-refractivity contribution in [2.45, 2.75) is 19.3 Å². The Labute approximate surface area is 165 Å². The molecule has 27 heavy (non-hydrogen) atoms. The fourth-order valence-corrected chi connectivity index (χ4v) is 3.46. The van der Waals surface area contributed by atoms with Crippen LogP contribution in [0, 0.1) is 12.7 Å². The van der Waals surface area contributed by atoms with Crippen molar-refractivity contribution in [2.24, 2.45) is 7.05 Å². The molecule has 0 radical (unpaired) electrons. The van der Waals surface area contributed by atoms with Gasteiger partial charge in [0.2, 0.25) is 5.56 Å². The van der Waals surface area contributed by atoms with Gasteiger partial charge in [-0.2, -0.15) is 0 Å². The van der Waals surface area contributed by atoms with Crippen molar-refractivity contribution in [2.75, 3.05) is 0 Å². The number of carbonyl (C=O) groups is 1. The molecular formula is C22H19BrFNO2. The summed E-state index contributed by atoms with van der Waals surface area (Å²) in [6.07, 6.45) is 1.78. The van der Waals surface area contributed by atoms with Crippen molar-refractivity contribution in [3.8, 4) is 0 Å². The topological polar surface area (TPSA) is 39.1 Å². The summed E-state index contributed by atoms with van der Waals surface area (Å²) >= 11 is 3.43.